The molecule has 0 spiro atoms. The minimum absolute atomic E-state index is 0.00841. The van der Waals surface area contributed by atoms with E-state index in [4.69, 9.17) is 26.2 Å². The van der Waals surface area contributed by atoms with Crippen molar-refractivity contribution < 1.29 is 11.3 Å². The van der Waals surface area contributed by atoms with E-state index in [9.17, 15) is 0 Å². The minimum atomic E-state index is -0.481. The normalized spacial score (nSPS) is 13.3. The van der Waals surface area contributed by atoms with Crippen molar-refractivity contribution in [1.82, 2.24) is 19.5 Å². The van der Waals surface area contributed by atoms with Gasteiger partial charge in [-0.3, -0.25) is 0 Å². The molecule has 11 rings (SSSR count). The fourth-order valence-electron chi connectivity index (χ4n) is 7.27. The molecular weight excluding hydrogens is 645 g/mol. The first-order chi connectivity index (χ1) is 27.3. The lowest BCUT2D eigenvalue weighted by atomic mass is 10.1. The lowest BCUT2D eigenvalue weighted by Crippen LogP contribution is -2.00. The zero-order valence-corrected chi connectivity index (χ0v) is 27.5. The largest absolute Gasteiger partial charge is 0.456 e. The van der Waals surface area contributed by atoms with Crippen LogP contribution in [-0.4, -0.2) is 19.5 Å². The summed E-state index contributed by atoms with van der Waals surface area (Å²) in [5, 5.41) is 6.34. The van der Waals surface area contributed by atoms with Crippen LogP contribution in [0.5, 0.6) is 0 Å². The number of benzene rings is 7. The van der Waals surface area contributed by atoms with Crippen LogP contribution in [0.1, 0.15) is 6.85 Å². The molecule has 51 heavy (non-hydrogen) atoms. The molecule has 238 valence electrons. The summed E-state index contributed by atoms with van der Waals surface area (Å²) in [5.41, 5.74) is 6.11. The molecule has 6 heteroatoms. The van der Waals surface area contributed by atoms with E-state index in [2.05, 4.69) is 77.4 Å². The van der Waals surface area contributed by atoms with E-state index in [1.165, 1.54) is 10.8 Å². The van der Waals surface area contributed by atoms with E-state index in [1.807, 2.05) is 54.6 Å². The molecule has 0 aliphatic carbocycles. The van der Waals surface area contributed by atoms with Crippen LogP contribution in [-0.2, 0) is 0 Å². The van der Waals surface area contributed by atoms with Crippen molar-refractivity contribution in [2.45, 2.75) is 0 Å². The molecule has 0 saturated carbocycles. The van der Waals surface area contributed by atoms with Crippen molar-refractivity contribution in [1.29, 1.82) is 0 Å². The van der Waals surface area contributed by atoms with Gasteiger partial charge in [-0.25, -0.2) is 15.0 Å². The molecule has 4 heterocycles. The number of furan rings is 1. The van der Waals surface area contributed by atoms with E-state index in [1.54, 1.807) is 11.3 Å². The minimum Gasteiger partial charge on any atom is -0.456 e. The van der Waals surface area contributed by atoms with Gasteiger partial charge in [0, 0.05) is 64.1 Å². The summed E-state index contributed by atoms with van der Waals surface area (Å²) in [6.45, 7) is 0. The van der Waals surface area contributed by atoms with Crippen LogP contribution in [0.25, 0.3) is 104 Å². The Morgan fingerprint density at radius 3 is 1.98 bits per heavy atom. The van der Waals surface area contributed by atoms with Crippen molar-refractivity contribution in [3.8, 4) is 39.9 Å². The highest BCUT2D eigenvalue weighted by Crippen LogP contribution is 2.42. The van der Waals surface area contributed by atoms with E-state index in [0.29, 0.717) is 22.8 Å². The molecular formula is C45H26N4OS. The number of nitrogens with zero attached hydrogens (tertiary/aromatic N) is 4. The quantitative estimate of drug-likeness (QED) is 0.186. The van der Waals surface area contributed by atoms with Gasteiger partial charge in [0.15, 0.2) is 17.5 Å². The molecule has 0 N–H and O–H groups in total. The monoisotopic (exact) mass is 675 g/mol. The van der Waals surface area contributed by atoms with Gasteiger partial charge in [0.05, 0.1) is 17.9 Å². The summed E-state index contributed by atoms with van der Waals surface area (Å²) in [4.78, 5) is 14.7. The third kappa shape index (κ3) is 4.37. The Bertz CT molecular complexity index is 3380. The van der Waals surface area contributed by atoms with Crippen molar-refractivity contribution >= 4 is 75.3 Å². The average Bonchev–Trinajstić information content (AvgIpc) is 3.91. The Morgan fingerprint density at radius 2 is 1.18 bits per heavy atom. The average molecular weight is 676 g/mol. The highest BCUT2D eigenvalue weighted by atomic mass is 32.1. The van der Waals surface area contributed by atoms with Crippen molar-refractivity contribution in [2.75, 3.05) is 0 Å². The summed E-state index contributed by atoms with van der Waals surface area (Å²) in [5.74, 6) is 0.621. The van der Waals surface area contributed by atoms with Gasteiger partial charge in [0.25, 0.3) is 0 Å². The van der Waals surface area contributed by atoms with Crippen molar-refractivity contribution in [2.24, 2.45) is 0 Å². The summed E-state index contributed by atoms with van der Waals surface area (Å²) in [6.07, 6.45) is 0. The third-order valence-corrected chi connectivity index (χ3v) is 10.8. The molecule has 7 aromatic carbocycles. The topological polar surface area (TPSA) is 56.7 Å². The molecule has 0 aliphatic heterocycles. The van der Waals surface area contributed by atoms with Crippen LogP contribution in [0.4, 0.5) is 0 Å². The maximum atomic E-state index is 8.80. The molecule has 0 atom stereocenters. The van der Waals surface area contributed by atoms with E-state index in [-0.39, 0.29) is 23.5 Å². The van der Waals surface area contributed by atoms with Crippen molar-refractivity contribution in [3.63, 3.8) is 0 Å². The van der Waals surface area contributed by atoms with Crippen LogP contribution in [0.15, 0.2) is 162 Å². The Kier molecular flexibility index (Phi) is 5.08. The zero-order chi connectivity index (χ0) is 37.8. The molecule has 0 radical (unpaired) electrons. The van der Waals surface area contributed by atoms with Crippen LogP contribution in [0, 0.1) is 0 Å². The summed E-state index contributed by atoms with van der Waals surface area (Å²) >= 11 is 1.64. The number of rotatable bonds is 4. The second-order valence-corrected chi connectivity index (χ2v) is 13.5. The second kappa shape index (κ2) is 10.9. The first kappa shape index (κ1) is 23.7. The molecule has 4 aromatic heterocycles. The zero-order valence-electron chi connectivity index (χ0n) is 31.7. The molecule has 11 aromatic rings. The molecule has 5 nitrogen and oxygen atoms in total. The lowest BCUT2D eigenvalue weighted by molar-refractivity contribution is 0.669. The summed E-state index contributed by atoms with van der Waals surface area (Å²) < 4.78 is 53.1. The maximum Gasteiger partial charge on any atom is 0.165 e. The molecule has 0 saturated heterocycles. The van der Waals surface area contributed by atoms with Gasteiger partial charge in [-0.1, -0.05) is 96.9 Å². The molecule has 0 unspecified atom stereocenters. The first-order valence-electron chi connectivity index (χ1n) is 19.0. The van der Waals surface area contributed by atoms with Gasteiger partial charge >= 0.3 is 0 Å². The molecule has 0 amide bonds. The Morgan fingerprint density at radius 1 is 0.510 bits per heavy atom. The lowest BCUT2D eigenvalue weighted by Gasteiger charge is -2.09. The van der Waals surface area contributed by atoms with Gasteiger partial charge < -0.3 is 8.98 Å². The van der Waals surface area contributed by atoms with Crippen LogP contribution in [0.3, 0.4) is 0 Å². The number of aromatic nitrogens is 4. The number of thiophene rings is 1. The smallest absolute Gasteiger partial charge is 0.165 e. The second-order valence-electron chi connectivity index (χ2n) is 12.4. The van der Waals surface area contributed by atoms with E-state index >= 15 is 0 Å². The van der Waals surface area contributed by atoms with E-state index < -0.39 is 18.1 Å². The van der Waals surface area contributed by atoms with Crippen LogP contribution < -0.4 is 0 Å². The highest BCUT2D eigenvalue weighted by Gasteiger charge is 2.19. The number of para-hydroxylation sites is 3. The molecule has 0 aliphatic rings. The summed E-state index contributed by atoms with van der Waals surface area (Å²) in [6, 6.07) is 40.9. The van der Waals surface area contributed by atoms with Gasteiger partial charge in [-0.15, -0.1) is 11.3 Å². The first-order valence-corrected chi connectivity index (χ1v) is 17.3. The Balaban J connectivity index is 1.14. The SMILES string of the molecule is [2H]c1c([2H])c([2H])c(-c2nc(-c3ccc4oc5ccccc5c4c3)nc(-c3cccc4c3sc3ccc(-n5c6ccccc6c6ccccc65)cc34)n2)c([2H])c1[2H]. The van der Waals surface area contributed by atoms with Crippen LogP contribution in [0.2, 0.25) is 0 Å². The van der Waals surface area contributed by atoms with Gasteiger partial charge in [-0.05, 0) is 60.7 Å². The van der Waals surface area contributed by atoms with E-state index in [0.717, 1.165) is 58.8 Å². The molecule has 0 bridgehead atoms. The fourth-order valence-corrected chi connectivity index (χ4v) is 8.46. The van der Waals surface area contributed by atoms with Gasteiger partial charge in [0.1, 0.15) is 11.2 Å². The predicted octanol–water partition coefficient (Wildman–Crippen LogP) is 12.2. The standard InChI is InChI=1S/C45H26N4OS/c1-2-11-27(12-3-1)43-46-44(28-21-23-40-35(25-28)32-15-6-9-20-39(32)50-40)48-45(47-43)34-17-10-16-33-36-26-29(22-24-41(36)51-42(33)34)49-37-18-7-4-13-30(37)31-14-5-8-19-38(31)49/h1-26H/i1D,2D,3D,11D,12D. The summed E-state index contributed by atoms with van der Waals surface area (Å²) in [7, 11) is 0. The highest BCUT2D eigenvalue weighted by molar-refractivity contribution is 7.26. The van der Waals surface area contributed by atoms with Gasteiger partial charge in [-0.2, -0.15) is 0 Å². The number of hydrogen-bond donors (Lipinski definition) is 0. The Hall–Kier alpha value is -6.63. The maximum absolute atomic E-state index is 8.80. The van der Waals surface area contributed by atoms with Crippen molar-refractivity contribution in [3.05, 3.63) is 158 Å². The fraction of sp³-hybridized carbons (Fsp3) is 0. The predicted molar refractivity (Wildman–Crippen MR) is 211 cm³/mol. The van der Waals surface area contributed by atoms with Gasteiger partial charge in [0.2, 0.25) is 0 Å². The Labute approximate surface area is 302 Å². The number of fused-ring (bicyclic) bond motifs is 9. The van der Waals surface area contributed by atoms with Crippen LogP contribution >= 0.6 is 11.3 Å². The number of hydrogen-bond acceptors (Lipinski definition) is 5. The molecule has 0 fully saturated rings. The third-order valence-electron chi connectivity index (χ3n) is 9.55.